The Kier molecular flexibility index (Phi) is 2.10. The number of hydrogen-bond acceptors (Lipinski definition) is 0. The van der Waals surface area contributed by atoms with E-state index in [1.165, 1.54) is 19.3 Å². The summed E-state index contributed by atoms with van der Waals surface area (Å²) in [5.41, 5.74) is 1.59. The molecule has 1 rings (SSSR count). The summed E-state index contributed by atoms with van der Waals surface area (Å²) in [5.74, 6) is 0.924. The van der Waals surface area contributed by atoms with Crippen molar-refractivity contribution in [1.29, 1.82) is 0 Å². The Hall–Kier alpha value is -0.520. The van der Waals surface area contributed by atoms with Crippen molar-refractivity contribution in [2.24, 2.45) is 5.92 Å². The molecule has 0 aromatic heterocycles. The first-order valence-electron chi connectivity index (χ1n) is 3.70. The first-order chi connectivity index (χ1) is 4.38. The summed E-state index contributed by atoms with van der Waals surface area (Å²) in [4.78, 5) is 0. The first kappa shape index (κ1) is 6.60. The second-order valence-corrected chi connectivity index (χ2v) is 2.61. The van der Waals surface area contributed by atoms with Crippen LogP contribution in [-0.2, 0) is 0 Å². The molecule has 0 bridgehead atoms. The van der Waals surface area contributed by atoms with Gasteiger partial charge in [-0.15, -0.1) is 0 Å². The average Bonchev–Trinajstić information content (AvgIpc) is 2.64. The fourth-order valence-electron chi connectivity index (χ4n) is 1.15. The average molecular weight is 122 g/mol. The van der Waals surface area contributed by atoms with Crippen molar-refractivity contribution in [3.63, 3.8) is 0 Å². The summed E-state index contributed by atoms with van der Waals surface area (Å²) >= 11 is 0. The van der Waals surface area contributed by atoms with E-state index in [4.69, 9.17) is 0 Å². The van der Waals surface area contributed by atoms with Crippen LogP contribution in [0.2, 0.25) is 0 Å². The molecule has 0 atom stereocenters. The highest BCUT2D eigenvalue weighted by atomic mass is 14.3. The normalized spacial score (nSPS) is 19.9. The Labute approximate surface area is 57.3 Å². The third-order valence-corrected chi connectivity index (χ3v) is 1.84. The maximum absolute atomic E-state index is 3.68. The predicted molar refractivity (Wildman–Crippen MR) is 41.3 cm³/mol. The third-order valence-electron chi connectivity index (χ3n) is 1.84. The highest BCUT2D eigenvalue weighted by Crippen LogP contribution is 2.37. The lowest BCUT2D eigenvalue weighted by Gasteiger charge is -1.96. The standard InChI is InChI=1S/C9H14/c1-3-5-8(4-2)9-6-7-9/h3,5,9H,1,4,6-7H2,2H3/b8-5+. The second-order valence-electron chi connectivity index (χ2n) is 2.61. The van der Waals surface area contributed by atoms with Crippen LogP contribution in [-0.4, -0.2) is 0 Å². The Morgan fingerprint density at radius 2 is 2.33 bits per heavy atom. The highest BCUT2D eigenvalue weighted by Gasteiger charge is 2.23. The third kappa shape index (κ3) is 1.70. The Morgan fingerprint density at radius 3 is 2.67 bits per heavy atom. The van der Waals surface area contributed by atoms with Crippen LogP contribution < -0.4 is 0 Å². The van der Waals surface area contributed by atoms with E-state index in [0.717, 1.165) is 5.92 Å². The molecule has 0 aromatic rings. The lowest BCUT2D eigenvalue weighted by Crippen LogP contribution is -1.80. The van der Waals surface area contributed by atoms with Crippen LogP contribution >= 0.6 is 0 Å². The molecule has 1 aliphatic rings. The fourth-order valence-corrected chi connectivity index (χ4v) is 1.15. The van der Waals surface area contributed by atoms with Crippen LogP contribution in [0.1, 0.15) is 26.2 Å². The summed E-state index contributed by atoms with van der Waals surface area (Å²) in [6.45, 7) is 5.90. The largest absolute Gasteiger partial charge is 0.0991 e. The zero-order chi connectivity index (χ0) is 6.69. The van der Waals surface area contributed by atoms with Gasteiger partial charge in [0.1, 0.15) is 0 Å². The molecule has 0 heteroatoms. The lowest BCUT2D eigenvalue weighted by molar-refractivity contribution is 0.912. The zero-order valence-electron chi connectivity index (χ0n) is 6.06. The maximum Gasteiger partial charge on any atom is -0.0200 e. The van der Waals surface area contributed by atoms with E-state index in [-0.39, 0.29) is 0 Å². The second kappa shape index (κ2) is 2.86. The molecule has 0 nitrogen and oxygen atoms in total. The summed E-state index contributed by atoms with van der Waals surface area (Å²) in [7, 11) is 0. The van der Waals surface area contributed by atoms with Crippen LogP contribution in [0.4, 0.5) is 0 Å². The number of allylic oxidation sites excluding steroid dienone is 3. The van der Waals surface area contributed by atoms with Gasteiger partial charge in [0.05, 0.1) is 0 Å². The van der Waals surface area contributed by atoms with E-state index in [2.05, 4.69) is 19.6 Å². The van der Waals surface area contributed by atoms with Crippen molar-refractivity contribution in [2.75, 3.05) is 0 Å². The fraction of sp³-hybridized carbons (Fsp3) is 0.556. The zero-order valence-corrected chi connectivity index (χ0v) is 6.06. The minimum atomic E-state index is 0.924. The predicted octanol–water partition coefficient (Wildman–Crippen LogP) is 2.92. The van der Waals surface area contributed by atoms with Crippen molar-refractivity contribution in [3.8, 4) is 0 Å². The number of rotatable bonds is 3. The molecule has 0 amide bonds. The Bertz CT molecular complexity index is 127. The van der Waals surface area contributed by atoms with E-state index >= 15 is 0 Å². The van der Waals surface area contributed by atoms with Gasteiger partial charge in [0.25, 0.3) is 0 Å². The van der Waals surface area contributed by atoms with Gasteiger partial charge in [-0.25, -0.2) is 0 Å². The quantitative estimate of drug-likeness (QED) is 0.505. The molecule has 0 spiro atoms. The van der Waals surface area contributed by atoms with Crippen LogP contribution in [0.5, 0.6) is 0 Å². The maximum atomic E-state index is 3.68. The van der Waals surface area contributed by atoms with E-state index in [0.29, 0.717) is 0 Å². The van der Waals surface area contributed by atoms with Gasteiger partial charge in [0, 0.05) is 0 Å². The lowest BCUT2D eigenvalue weighted by atomic mass is 10.1. The molecular formula is C9H14. The van der Waals surface area contributed by atoms with Gasteiger partial charge in [0.2, 0.25) is 0 Å². The molecular weight excluding hydrogens is 108 g/mol. The smallest absolute Gasteiger partial charge is 0.0200 e. The minimum absolute atomic E-state index is 0.924. The van der Waals surface area contributed by atoms with Crippen molar-refractivity contribution in [1.82, 2.24) is 0 Å². The molecule has 0 saturated heterocycles. The first-order valence-corrected chi connectivity index (χ1v) is 3.70. The van der Waals surface area contributed by atoms with Gasteiger partial charge < -0.3 is 0 Å². The molecule has 0 unspecified atom stereocenters. The van der Waals surface area contributed by atoms with Crippen LogP contribution in [0, 0.1) is 5.92 Å². The Morgan fingerprint density at radius 1 is 1.67 bits per heavy atom. The molecule has 9 heavy (non-hydrogen) atoms. The van der Waals surface area contributed by atoms with Crippen molar-refractivity contribution in [3.05, 3.63) is 24.3 Å². The van der Waals surface area contributed by atoms with Gasteiger partial charge in [-0.05, 0) is 25.2 Å². The molecule has 0 aliphatic heterocycles. The van der Waals surface area contributed by atoms with Crippen molar-refractivity contribution < 1.29 is 0 Å². The van der Waals surface area contributed by atoms with Crippen molar-refractivity contribution >= 4 is 0 Å². The van der Waals surface area contributed by atoms with E-state index in [1.807, 2.05) is 6.08 Å². The van der Waals surface area contributed by atoms with Gasteiger partial charge in [0.15, 0.2) is 0 Å². The van der Waals surface area contributed by atoms with Gasteiger partial charge >= 0.3 is 0 Å². The molecule has 1 aliphatic carbocycles. The van der Waals surface area contributed by atoms with Crippen molar-refractivity contribution in [2.45, 2.75) is 26.2 Å². The van der Waals surface area contributed by atoms with E-state index < -0.39 is 0 Å². The molecule has 50 valence electrons. The Balaban J connectivity index is 2.46. The molecule has 0 aromatic carbocycles. The molecule has 1 fully saturated rings. The topological polar surface area (TPSA) is 0 Å². The van der Waals surface area contributed by atoms with Gasteiger partial charge in [-0.2, -0.15) is 0 Å². The monoisotopic (exact) mass is 122 g/mol. The van der Waals surface area contributed by atoms with Gasteiger partial charge in [-0.1, -0.05) is 31.2 Å². The summed E-state index contributed by atoms with van der Waals surface area (Å²) in [6, 6.07) is 0. The summed E-state index contributed by atoms with van der Waals surface area (Å²) < 4.78 is 0. The molecule has 0 N–H and O–H groups in total. The highest BCUT2D eigenvalue weighted by molar-refractivity contribution is 5.17. The minimum Gasteiger partial charge on any atom is -0.0991 e. The van der Waals surface area contributed by atoms with Crippen LogP contribution in [0.15, 0.2) is 24.3 Å². The number of hydrogen-bond donors (Lipinski definition) is 0. The summed E-state index contributed by atoms with van der Waals surface area (Å²) in [5, 5.41) is 0. The van der Waals surface area contributed by atoms with Crippen LogP contribution in [0.25, 0.3) is 0 Å². The molecule has 0 radical (unpaired) electrons. The van der Waals surface area contributed by atoms with Gasteiger partial charge in [-0.3, -0.25) is 0 Å². The van der Waals surface area contributed by atoms with E-state index in [1.54, 1.807) is 5.57 Å². The SMILES string of the molecule is C=C/C=C(\CC)C1CC1. The summed E-state index contributed by atoms with van der Waals surface area (Å²) in [6.07, 6.45) is 8.09. The molecule has 0 heterocycles. The van der Waals surface area contributed by atoms with Crippen LogP contribution in [0.3, 0.4) is 0 Å². The van der Waals surface area contributed by atoms with E-state index in [9.17, 15) is 0 Å². The molecule has 1 saturated carbocycles.